The molecule has 8 aliphatic rings. The number of aliphatic carboxylic acids is 1. The van der Waals surface area contributed by atoms with Gasteiger partial charge in [-0.2, -0.15) is 0 Å². The van der Waals surface area contributed by atoms with E-state index in [1.165, 1.54) is 6.92 Å². The van der Waals surface area contributed by atoms with Crippen LogP contribution >= 0.6 is 0 Å². The number of esters is 1. The van der Waals surface area contributed by atoms with Crippen LogP contribution in [0.25, 0.3) is 0 Å². The summed E-state index contributed by atoms with van der Waals surface area (Å²) in [5.41, 5.74) is -2.50. The molecule has 8 rings (SSSR count). The fourth-order valence-electron chi connectivity index (χ4n) is 10.2. The Morgan fingerprint density at radius 1 is 1.21 bits per heavy atom. The van der Waals surface area contributed by atoms with Crippen molar-refractivity contribution >= 4 is 18.2 Å². The fourth-order valence-corrected chi connectivity index (χ4v) is 10.2. The second-order valence-electron chi connectivity index (χ2n) is 13.1. The minimum absolute atomic E-state index is 0.0130. The van der Waals surface area contributed by atoms with Crippen LogP contribution in [0.2, 0.25) is 0 Å². The van der Waals surface area contributed by atoms with Gasteiger partial charge in [0.05, 0.1) is 12.0 Å². The van der Waals surface area contributed by atoms with Crippen molar-refractivity contribution in [3.05, 3.63) is 11.6 Å². The van der Waals surface area contributed by atoms with E-state index in [2.05, 4.69) is 13.0 Å². The molecule has 208 valence electrons. The first kappa shape index (κ1) is 25.1. The van der Waals surface area contributed by atoms with E-state index in [9.17, 15) is 24.6 Å². The molecular formula is C28H36O10. The third-order valence-corrected chi connectivity index (χ3v) is 11.4. The van der Waals surface area contributed by atoms with Crippen molar-refractivity contribution in [2.24, 2.45) is 45.8 Å². The number of ether oxygens (including phenoxy) is 5. The highest BCUT2D eigenvalue weighted by Crippen LogP contribution is 2.82. The summed E-state index contributed by atoms with van der Waals surface area (Å²) >= 11 is 0. The van der Waals surface area contributed by atoms with E-state index in [0.29, 0.717) is 18.8 Å². The SMILES string of the molecule is CC(=O)O[C@@H]1[C@@H]2O[C@@]3(OC[C@@]45C[C@@H]6[C@H](C)CC[C@H]6[C@@]6(C=O)C[C@@H]4C=C(C(C)C)[C@@]56C(=O)O)O[C@@H]2O[C@@H]1[C@@H]3O. The molecule has 0 unspecified atom stereocenters. The van der Waals surface area contributed by atoms with E-state index in [-0.39, 0.29) is 30.3 Å². The molecule has 38 heavy (non-hydrogen) atoms. The Morgan fingerprint density at radius 3 is 2.63 bits per heavy atom. The molecule has 10 nitrogen and oxygen atoms in total. The Kier molecular flexibility index (Phi) is 5.07. The zero-order chi connectivity index (χ0) is 27.0. The van der Waals surface area contributed by atoms with Gasteiger partial charge in [-0.3, -0.25) is 14.3 Å². The number of carbonyl (C=O) groups excluding carboxylic acids is 2. The predicted octanol–water partition coefficient (Wildman–Crippen LogP) is 2.03. The molecule has 4 aliphatic carbocycles. The molecule has 2 N–H and O–H groups in total. The lowest BCUT2D eigenvalue weighted by Gasteiger charge is -2.58. The molecule has 0 aromatic rings. The van der Waals surface area contributed by atoms with Gasteiger partial charge in [0.15, 0.2) is 24.6 Å². The van der Waals surface area contributed by atoms with Crippen LogP contribution in [-0.2, 0) is 38.1 Å². The Balaban J connectivity index is 1.29. The van der Waals surface area contributed by atoms with Gasteiger partial charge in [0.1, 0.15) is 17.8 Å². The smallest absolute Gasteiger partial charge is 0.316 e. The summed E-state index contributed by atoms with van der Waals surface area (Å²) in [6.45, 7) is 7.41. The Bertz CT molecular complexity index is 1130. The van der Waals surface area contributed by atoms with Crippen LogP contribution in [0, 0.1) is 45.8 Å². The molecule has 4 saturated heterocycles. The average Bonchev–Trinajstić information content (AvgIpc) is 3.58. The van der Waals surface area contributed by atoms with Gasteiger partial charge < -0.3 is 34.0 Å². The Labute approximate surface area is 221 Å². The van der Waals surface area contributed by atoms with Gasteiger partial charge in [-0.25, -0.2) is 0 Å². The molecule has 0 radical (unpaired) electrons. The first-order valence-electron chi connectivity index (χ1n) is 13.9. The molecule has 0 spiro atoms. The highest BCUT2D eigenvalue weighted by molar-refractivity contribution is 5.90. The molecule has 3 saturated carbocycles. The van der Waals surface area contributed by atoms with Crippen LogP contribution in [0.3, 0.4) is 0 Å². The van der Waals surface area contributed by atoms with Crippen LogP contribution in [0.15, 0.2) is 11.6 Å². The standard InChI is InChI=1S/C28H36O10/c1-12(2)18-7-15-8-25(10-29)17-6-5-13(3)16(17)9-26(15,27(18,25)24(32)33)11-34-28-22(31)20-19(35-14(4)30)21(37-28)23(36-20)38-28/h7,10,12-13,15-17,19-23,31H,5-6,8-9,11H2,1-4H3,(H,32,33)/t13-,15+,16-,17-,19+,20+,21+,22+,23+,25+,26+,27+,28-/m1/s1. The number of carboxylic acids is 1. The zero-order valence-corrected chi connectivity index (χ0v) is 22.1. The summed E-state index contributed by atoms with van der Waals surface area (Å²) in [6, 6.07) is 0. The van der Waals surface area contributed by atoms with Gasteiger partial charge >= 0.3 is 17.9 Å². The van der Waals surface area contributed by atoms with Crippen LogP contribution in [0.1, 0.15) is 53.4 Å². The van der Waals surface area contributed by atoms with E-state index in [1.807, 2.05) is 13.8 Å². The lowest BCUT2D eigenvalue weighted by atomic mass is 9.43. The third-order valence-electron chi connectivity index (χ3n) is 11.4. The van der Waals surface area contributed by atoms with Gasteiger partial charge in [-0.15, -0.1) is 0 Å². The van der Waals surface area contributed by atoms with Crippen LogP contribution in [0.4, 0.5) is 0 Å². The van der Waals surface area contributed by atoms with E-state index >= 15 is 0 Å². The number of allylic oxidation sites excluding steroid dienone is 1. The maximum absolute atomic E-state index is 13.6. The molecule has 0 amide bonds. The molecule has 8 bridgehead atoms. The first-order chi connectivity index (χ1) is 18.0. The zero-order valence-electron chi connectivity index (χ0n) is 22.1. The number of fused-ring (bicyclic) bond motifs is 2. The van der Waals surface area contributed by atoms with Gasteiger partial charge in [-0.05, 0) is 48.9 Å². The highest BCUT2D eigenvalue weighted by atomic mass is 17.0. The number of hydrogen-bond acceptors (Lipinski definition) is 9. The maximum atomic E-state index is 13.6. The van der Waals surface area contributed by atoms with E-state index in [1.54, 1.807) is 0 Å². The number of rotatable bonds is 7. The molecule has 7 fully saturated rings. The van der Waals surface area contributed by atoms with Gasteiger partial charge in [-0.1, -0.05) is 38.8 Å². The largest absolute Gasteiger partial charge is 0.481 e. The number of carbonyl (C=O) groups is 3. The lowest BCUT2D eigenvalue weighted by molar-refractivity contribution is -0.447. The summed E-state index contributed by atoms with van der Waals surface area (Å²) in [5, 5.41) is 22.3. The molecule has 4 heterocycles. The lowest BCUT2D eigenvalue weighted by Crippen LogP contribution is -2.66. The van der Waals surface area contributed by atoms with Crippen molar-refractivity contribution in [2.75, 3.05) is 6.61 Å². The van der Waals surface area contributed by atoms with E-state index in [0.717, 1.165) is 24.7 Å². The fraction of sp³-hybridized carbons (Fsp3) is 0.821. The quantitative estimate of drug-likeness (QED) is 0.285. The van der Waals surface area contributed by atoms with Gasteiger partial charge in [0.2, 0.25) is 0 Å². The molecule has 10 heteroatoms. The molecule has 0 aromatic heterocycles. The van der Waals surface area contributed by atoms with Crippen molar-refractivity contribution in [3.63, 3.8) is 0 Å². The van der Waals surface area contributed by atoms with Crippen molar-refractivity contribution in [1.29, 1.82) is 0 Å². The van der Waals surface area contributed by atoms with Crippen molar-refractivity contribution < 1.29 is 48.3 Å². The van der Waals surface area contributed by atoms with Crippen molar-refractivity contribution in [1.82, 2.24) is 0 Å². The summed E-state index contributed by atoms with van der Waals surface area (Å²) < 4.78 is 29.5. The van der Waals surface area contributed by atoms with Gasteiger partial charge in [0, 0.05) is 12.3 Å². The van der Waals surface area contributed by atoms with Crippen LogP contribution < -0.4 is 0 Å². The normalized spacial score (nSPS) is 54.9. The summed E-state index contributed by atoms with van der Waals surface area (Å²) in [4.78, 5) is 38.4. The minimum Gasteiger partial charge on any atom is -0.481 e. The second kappa shape index (κ2) is 7.66. The first-order valence-corrected chi connectivity index (χ1v) is 13.9. The molecule has 4 aliphatic heterocycles. The highest BCUT2D eigenvalue weighted by Gasteiger charge is 2.85. The predicted molar refractivity (Wildman–Crippen MR) is 127 cm³/mol. The number of aliphatic hydroxyl groups is 1. The van der Waals surface area contributed by atoms with E-state index < -0.39 is 64.9 Å². The Hall–Kier alpha value is -1.85. The van der Waals surface area contributed by atoms with E-state index in [4.69, 9.17) is 23.7 Å². The molecular weight excluding hydrogens is 496 g/mol. The van der Waals surface area contributed by atoms with Gasteiger partial charge in [0.25, 0.3) is 0 Å². The number of aliphatic hydroxyl groups excluding tert-OH is 1. The Morgan fingerprint density at radius 2 is 1.97 bits per heavy atom. The van der Waals surface area contributed by atoms with Crippen LogP contribution in [0.5, 0.6) is 0 Å². The topological polar surface area (TPSA) is 138 Å². The second-order valence-corrected chi connectivity index (χ2v) is 13.1. The summed E-state index contributed by atoms with van der Waals surface area (Å²) in [6.07, 6.45) is 1.24. The number of carboxylic acid groups (broad SMARTS) is 1. The molecule has 0 aromatic carbocycles. The maximum Gasteiger partial charge on any atom is 0.316 e. The minimum atomic E-state index is -1.86. The van der Waals surface area contributed by atoms with Crippen LogP contribution in [-0.4, -0.2) is 71.7 Å². The molecule has 13 atom stereocenters. The van der Waals surface area contributed by atoms with Crippen molar-refractivity contribution in [3.8, 4) is 0 Å². The third kappa shape index (κ3) is 2.56. The number of aldehydes is 1. The monoisotopic (exact) mass is 532 g/mol. The summed E-state index contributed by atoms with van der Waals surface area (Å²) in [7, 11) is 0. The van der Waals surface area contributed by atoms with Crippen molar-refractivity contribution in [2.45, 2.75) is 90.1 Å². The summed E-state index contributed by atoms with van der Waals surface area (Å²) in [5.74, 6) is -2.98. The number of hydrogen-bond donors (Lipinski definition) is 2. The average molecular weight is 533 g/mol.